The number of esters is 4. The van der Waals surface area contributed by atoms with Crippen molar-refractivity contribution in [1.82, 2.24) is 0 Å². The summed E-state index contributed by atoms with van der Waals surface area (Å²) in [4.78, 5) is 63.9. The molecule has 42 heteroatoms. The molecule has 5 aliphatic carbocycles. The molecular formula is C77H119O42+. The Morgan fingerprint density at radius 1 is 0.378 bits per heavy atom. The molecule has 678 valence electrons. The molecule has 6 heterocycles. The van der Waals surface area contributed by atoms with E-state index in [4.69, 9.17) is 85.6 Å². The van der Waals surface area contributed by atoms with Crippen molar-refractivity contribution in [3.63, 3.8) is 0 Å². The zero-order chi connectivity index (χ0) is 86.0. The zero-order valence-corrected chi connectivity index (χ0v) is 65.7. The number of carboxylic acid groups (broad SMARTS) is 1. The molecule has 11 rings (SSSR count). The maximum Gasteiger partial charge on any atom is 0.330 e. The van der Waals surface area contributed by atoms with E-state index in [1.807, 2.05) is 0 Å². The Morgan fingerprint density at radius 2 is 0.832 bits per heavy atom. The number of carbonyl (C=O) groups is 5. The predicted molar refractivity (Wildman–Crippen MR) is 389 cm³/mol. The van der Waals surface area contributed by atoms with E-state index in [0.29, 0.717) is 64.2 Å². The van der Waals surface area contributed by atoms with E-state index in [0.717, 1.165) is 12.2 Å². The van der Waals surface area contributed by atoms with Crippen LogP contribution in [0.5, 0.6) is 0 Å². The van der Waals surface area contributed by atoms with Crippen LogP contribution in [-0.2, 0) is 99.8 Å². The van der Waals surface area contributed by atoms with E-state index < -0.39 is 308 Å². The summed E-state index contributed by atoms with van der Waals surface area (Å²) in [7, 11) is 2.87. The molecule has 0 spiro atoms. The molecular weight excluding hydrogens is 1600 g/mol. The van der Waals surface area contributed by atoms with E-state index in [1.54, 1.807) is 12.2 Å². The van der Waals surface area contributed by atoms with Crippen molar-refractivity contribution in [3.05, 3.63) is 36.5 Å². The van der Waals surface area contributed by atoms with Gasteiger partial charge in [0, 0.05) is 51.2 Å². The fraction of sp³-hybridized carbons (Fsp3) is 0.857. The Bertz CT molecular complexity index is 3310. The van der Waals surface area contributed by atoms with Crippen molar-refractivity contribution in [3.8, 4) is 0 Å². The molecule has 6 saturated heterocycles. The standard InChI is InChI=1S/C77H118O42/c1-103-44-19-32(5-13-39(44)82)9-18-55(88)118-71-65(98)58(91)48(27-79)114-77(71)119-72-66(99)61(94)51(117-76(72)112-46-24-37-42(109-70(46)34-10-14-38(81)40(83)21-34)22-35(80)23-43(37)111-75-69(102)64(97)60(93)50(116-75)30-107-56(89)25-52(84)85)29-106-53(86)16-7-31-3-11-36(12-4-31)108-73-67(100)63(96)59(92)49(115-73)28-105-54(87)17-8-33-6-15-41(45(20-33)104-2)110-74-68(101)62(95)57(90)47(26-78)113-74/h7-9,16-18,31-51,57-83,90-102H,3-6,10-15,19-30H2,1-2H3,(H,84,85)/p+1/t31?,32?,33?,34?,35?,36?,37?,38?,39?,40?,41?,42?,43?,44?,45?,46?,47-,48-,49-,50-,51-,57-,58-,59-,60-,61-,62+,63+,64+,65+,66+,67-,68-,69-,70?,71-,72-,73-,74-,75-,76-,77+/m1/s1. The van der Waals surface area contributed by atoms with Crippen LogP contribution in [0.25, 0.3) is 0 Å². The largest absolute Gasteiger partial charge is 0.481 e. The van der Waals surface area contributed by atoms with Crippen molar-refractivity contribution >= 4 is 29.8 Å². The molecule has 0 aromatic carbocycles. The van der Waals surface area contributed by atoms with E-state index >= 15 is 0 Å². The highest BCUT2D eigenvalue weighted by molar-refractivity contribution is 5.90. The number of methoxy groups -OCH3 is 2. The van der Waals surface area contributed by atoms with Gasteiger partial charge in [-0.1, -0.05) is 18.2 Å². The molecule has 0 aromatic heterocycles. The van der Waals surface area contributed by atoms with Crippen LogP contribution in [0, 0.1) is 29.6 Å². The summed E-state index contributed by atoms with van der Waals surface area (Å²) in [5.74, 6) is -7.84. The number of allylic oxidation sites excluding steroid dienone is 3. The van der Waals surface area contributed by atoms with Crippen LogP contribution in [0.15, 0.2) is 36.5 Å². The minimum atomic E-state index is -2.17. The van der Waals surface area contributed by atoms with Gasteiger partial charge < -0.3 is 183 Å². The Kier molecular flexibility index (Phi) is 34.7. The normalized spacial score (nSPS) is 46.3. The van der Waals surface area contributed by atoms with Crippen molar-refractivity contribution in [2.75, 3.05) is 47.3 Å². The van der Waals surface area contributed by atoms with Crippen LogP contribution in [0.4, 0.5) is 0 Å². The van der Waals surface area contributed by atoms with Gasteiger partial charge in [-0.25, -0.2) is 14.4 Å². The Morgan fingerprint density at radius 3 is 1.40 bits per heavy atom. The van der Waals surface area contributed by atoms with E-state index in [2.05, 4.69) is 0 Å². The maximum absolute atomic E-state index is 13.7. The van der Waals surface area contributed by atoms with Gasteiger partial charge in [0.1, 0.15) is 148 Å². The lowest BCUT2D eigenvalue weighted by molar-refractivity contribution is -0.390. The SMILES string of the molecule is COC1CC(C=CC(=O)O[C@H]2[C@H](O[C@H]3[C@H](OC4CC5C(O[C@@H]6O[C@H](COC(=O)CC(=O)O)[C@@H](O)[C@H](O)[C@H]6O)CC(O)CC5[OH+]C4C4CCC(O)C(O)C4)O[C@H](COC(=O)C=CC4CCC(O[C@@H]5O[C@H](COC(=O)C=CC6CCC(O[C@@H]7O[C@H](CO)[C@@H](O)[C@H](O)[C@H]7O)C(OC)C6)[C@@H](O)[C@H](O)[C@H]5O)CC4)[C@@H](O)[C@@H]3O)O[C@H](CO)[C@@H](O)[C@@H]2O)CCC1O. The summed E-state index contributed by atoms with van der Waals surface area (Å²) in [6.45, 7) is -3.75. The van der Waals surface area contributed by atoms with Gasteiger partial charge in [0.25, 0.3) is 0 Å². The van der Waals surface area contributed by atoms with Gasteiger partial charge in [-0.2, -0.15) is 0 Å². The first kappa shape index (κ1) is 95.0. The van der Waals surface area contributed by atoms with E-state index in [-0.39, 0.29) is 56.3 Å². The molecule has 119 heavy (non-hydrogen) atoms. The van der Waals surface area contributed by atoms with Crippen molar-refractivity contribution in [2.24, 2.45) is 29.6 Å². The zero-order valence-electron chi connectivity index (χ0n) is 65.7. The first-order chi connectivity index (χ1) is 56.7. The maximum atomic E-state index is 13.7. The van der Waals surface area contributed by atoms with Crippen molar-refractivity contribution < 1.29 is 207 Å². The monoisotopic (exact) mass is 1720 g/mol. The quantitative estimate of drug-likeness (QED) is 0.0104. The lowest BCUT2D eigenvalue weighted by atomic mass is 9.72. The number of hydrogen-bond acceptors (Lipinski definition) is 40. The number of hydrogen-bond donors (Lipinski definition) is 20. The highest BCUT2D eigenvalue weighted by atomic mass is 16.8. The second-order valence-corrected chi connectivity index (χ2v) is 32.9. The molecule has 11 aliphatic rings. The summed E-state index contributed by atoms with van der Waals surface area (Å²) >= 11 is 0. The lowest BCUT2D eigenvalue weighted by Crippen LogP contribution is -2.66. The molecule has 40 atom stereocenters. The summed E-state index contributed by atoms with van der Waals surface area (Å²) in [6, 6.07) is 0. The van der Waals surface area contributed by atoms with Crippen LogP contribution in [0.3, 0.4) is 0 Å². The Hall–Kier alpha value is -4.71. The minimum Gasteiger partial charge on any atom is -0.481 e. The third-order valence-corrected chi connectivity index (χ3v) is 24.9. The second kappa shape index (κ2) is 43.5. The molecule has 5 saturated carbocycles. The molecule has 11 fully saturated rings. The first-order valence-electron chi connectivity index (χ1n) is 40.8. The third kappa shape index (κ3) is 23.9. The molecule has 42 nitrogen and oxygen atoms in total. The summed E-state index contributed by atoms with van der Waals surface area (Å²) in [6.07, 6.45) is -44.5. The van der Waals surface area contributed by atoms with Crippen LogP contribution in [0.2, 0.25) is 0 Å². The molecule has 15 unspecified atom stereocenters. The smallest absolute Gasteiger partial charge is 0.330 e. The number of rotatable bonds is 30. The van der Waals surface area contributed by atoms with E-state index in [9.17, 15) is 121 Å². The molecule has 21 N–H and O–H groups in total. The molecule has 0 radical (unpaired) electrons. The summed E-state index contributed by atoms with van der Waals surface area (Å²) in [5.41, 5.74) is 0. The lowest BCUT2D eigenvalue weighted by Gasteiger charge is -2.51. The number of carboxylic acids is 1. The van der Waals surface area contributed by atoms with E-state index in [1.165, 1.54) is 26.4 Å². The van der Waals surface area contributed by atoms with Gasteiger partial charge >= 0.3 is 29.8 Å². The van der Waals surface area contributed by atoms with Crippen LogP contribution < -0.4 is 0 Å². The number of carbonyl (C=O) groups excluding carboxylic acids is 4. The van der Waals surface area contributed by atoms with Crippen LogP contribution >= 0.6 is 0 Å². The van der Waals surface area contributed by atoms with Gasteiger partial charge in [-0.15, -0.1) is 0 Å². The van der Waals surface area contributed by atoms with Crippen LogP contribution in [0.1, 0.15) is 109 Å². The van der Waals surface area contributed by atoms with Gasteiger partial charge in [0.2, 0.25) is 0 Å². The summed E-state index contributed by atoms with van der Waals surface area (Å²) < 4.78 is 99.4. The van der Waals surface area contributed by atoms with Crippen LogP contribution in [-0.4, -0.2) is 411 Å². The number of aliphatic hydroxyl groups is 21. The molecule has 0 aromatic rings. The van der Waals surface area contributed by atoms with Gasteiger partial charge in [-0.3, -0.25) is 9.59 Å². The third-order valence-electron chi connectivity index (χ3n) is 24.9. The van der Waals surface area contributed by atoms with Crippen molar-refractivity contribution in [1.29, 1.82) is 0 Å². The summed E-state index contributed by atoms with van der Waals surface area (Å²) in [5, 5.41) is 217. The Labute approximate surface area is 683 Å². The van der Waals surface area contributed by atoms with Gasteiger partial charge in [0.15, 0.2) is 49.8 Å². The average Bonchev–Trinajstić information content (AvgIpc) is 0.760. The Balaban J connectivity index is 0.747. The fourth-order valence-corrected chi connectivity index (χ4v) is 17.9. The predicted octanol–water partition coefficient (Wildman–Crippen LogP) is -7.96. The molecule has 0 bridgehead atoms. The number of fused-ring (bicyclic) bond motifs is 1. The molecule has 6 aliphatic heterocycles. The number of aliphatic hydroxyl groups excluding tert-OH is 19. The molecule has 0 amide bonds. The highest BCUT2D eigenvalue weighted by Gasteiger charge is 2.60. The van der Waals surface area contributed by atoms with Gasteiger partial charge in [0.05, 0.1) is 74.1 Å². The highest BCUT2D eigenvalue weighted by Crippen LogP contribution is 2.46. The van der Waals surface area contributed by atoms with Gasteiger partial charge in [-0.05, 0) is 108 Å². The topological polar surface area (TPSA) is 650 Å². The average molecular weight is 1720 g/mol. The second-order valence-electron chi connectivity index (χ2n) is 32.9. The van der Waals surface area contributed by atoms with Crippen molar-refractivity contribution in [2.45, 2.75) is 336 Å². The first-order valence-corrected chi connectivity index (χ1v) is 40.8. The number of ether oxygens (including phenoxy) is 17. The fourth-order valence-electron chi connectivity index (χ4n) is 17.9. The number of aliphatic carboxylic acids is 1. The minimum absolute atomic E-state index is 0.0124.